The van der Waals surface area contributed by atoms with Crippen molar-refractivity contribution in [3.05, 3.63) is 83.2 Å². The predicted octanol–water partition coefficient (Wildman–Crippen LogP) is 5.60. The molecule has 0 atom stereocenters. The van der Waals surface area contributed by atoms with Crippen LogP contribution in [-0.2, 0) is 17.5 Å². The molecule has 0 aliphatic heterocycles. The van der Waals surface area contributed by atoms with Gasteiger partial charge in [-0.2, -0.15) is 13.2 Å². The number of amides is 1. The number of alkyl halides is 3. The summed E-state index contributed by atoms with van der Waals surface area (Å²) in [4.78, 5) is 16.8. The summed E-state index contributed by atoms with van der Waals surface area (Å²) in [6, 6.07) is 14.3. The number of anilines is 1. The van der Waals surface area contributed by atoms with E-state index < -0.39 is 11.7 Å². The zero-order chi connectivity index (χ0) is 21.7. The highest BCUT2D eigenvalue weighted by molar-refractivity contribution is 6.05. The lowest BCUT2D eigenvalue weighted by atomic mass is 10.1. The molecule has 1 aromatic heterocycles. The van der Waals surface area contributed by atoms with E-state index >= 15 is 0 Å². The highest BCUT2D eigenvalue weighted by Gasteiger charge is 2.30. The summed E-state index contributed by atoms with van der Waals surface area (Å²) in [5, 5.41) is 2.77. The summed E-state index contributed by atoms with van der Waals surface area (Å²) in [5.74, 6) is 0.396. The first-order chi connectivity index (χ1) is 14.3. The number of rotatable bonds is 6. The Balaban J connectivity index is 1.64. The number of nitrogens with zero attached hydrogens (tertiary/aromatic N) is 1. The van der Waals surface area contributed by atoms with E-state index in [9.17, 15) is 18.0 Å². The van der Waals surface area contributed by atoms with Crippen molar-refractivity contribution >= 4 is 11.6 Å². The van der Waals surface area contributed by atoms with E-state index in [0.717, 1.165) is 17.8 Å². The first-order valence-corrected chi connectivity index (χ1v) is 8.98. The van der Waals surface area contributed by atoms with Gasteiger partial charge in [0.2, 0.25) is 0 Å². The third-order valence-corrected chi connectivity index (χ3v) is 4.21. The van der Waals surface area contributed by atoms with Gasteiger partial charge in [0, 0.05) is 12.8 Å². The maximum absolute atomic E-state index is 12.6. The van der Waals surface area contributed by atoms with E-state index in [4.69, 9.17) is 9.47 Å². The van der Waals surface area contributed by atoms with Gasteiger partial charge in [-0.1, -0.05) is 0 Å². The summed E-state index contributed by atoms with van der Waals surface area (Å²) < 4.78 is 48.4. The third-order valence-electron chi connectivity index (χ3n) is 4.21. The average molecular weight is 416 g/mol. The Kier molecular flexibility index (Phi) is 6.37. The van der Waals surface area contributed by atoms with Crippen molar-refractivity contribution < 1.29 is 27.4 Å². The fourth-order valence-corrected chi connectivity index (χ4v) is 2.73. The van der Waals surface area contributed by atoms with Crippen LogP contribution >= 0.6 is 0 Å². The number of methoxy groups -OCH3 is 1. The SMILES string of the molecule is COCc1ccc(C(=O)Nc2ccc(Oc3ccc(C(F)(F)F)cc3)cc2)c(C)n1. The molecule has 0 radical (unpaired) electrons. The number of pyridine rings is 1. The molecule has 0 unspecified atom stereocenters. The molecule has 1 heterocycles. The molecular formula is C22H19F3N2O3. The Morgan fingerprint density at radius 1 is 0.967 bits per heavy atom. The Hall–Kier alpha value is -3.39. The Bertz CT molecular complexity index is 1020. The summed E-state index contributed by atoms with van der Waals surface area (Å²) in [7, 11) is 1.57. The van der Waals surface area contributed by atoms with Gasteiger partial charge in [0.15, 0.2) is 0 Å². The van der Waals surface area contributed by atoms with Crippen LogP contribution in [0.25, 0.3) is 0 Å². The van der Waals surface area contributed by atoms with Crippen LogP contribution in [0.4, 0.5) is 18.9 Å². The smallest absolute Gasteiger partial charge is 0.416 e. The molecule has 0 bridgehead atoms. The second-order valence-corrected chi connectivity index (χ2v) is 6.47. The largest absolute Gasteiger partial charge is 0.457 e. The maximum Gasteiger partial charge on any atom is 0.416 e. The molecule has 1 amide bonds. The van der Waals surface area contributed by atoms with Gasteiger partial charge in [-0.25, -0.2) is 0 Å². The molecule has 0 aliphatic carbocycles. The number of hydrogen-bond acceptors (Lipinski definition) is 4. The quantitative estimate of drug-likeness (QED) is 0.568. The molecule has 2 aromatic carbocycles. The lowest BCUT2D eigenvalue weighted by Crippen LogP contribution is -2.14. The summed E-state index contributed by atoms with van der Waals surface area (Å²) in [6.07, 6.45) is -4.39. The number of hydrogen-bond donors (Lipinski definition) is 1. The predicted molar refractivity (Wildman–Crippen MR) is 106 cm³/mol. The number of nitrogens with one attached hydrogen (secondary N) is 1. The Morgan fingerprint density at radius 2 is 1.57 bits per heavy atom. The molecule has 3 aromatic rings. The minimum absolute atomic E-state index is 0.276. The highest BCUT2D eigenvalue weighted by atomic mass is 19.4. The molecule has 5 nitrogen and oxygen atoms in total. The number of ether oxygens (including phenoxy) is 2. The van der Waals surface area contributed by atoms with E-state index in [1.807, 2.05) is 0 Å². The van der Waals surface area contributed by atoms with Crippen molar-refractivity contribution in [3.63, 3.8) is 0 Å². The maximum atomic E-state index is 12.6. The van der Waals surface area contributed by atoms with Crippen LogP contribution in [0.2, 0.25) is 0 Å². The second-order valence-electron chi connectivity index (χ2n) is 6.47. The third kappa shape index (κ3) is 5.36. The minimum Gasteiger partial charge on any atom is -0.457 e. The van der Waals surface area contributed by atoms with Crippen LogP contribution < -0.4 is 10.1 Å². The number of halogens is 3. The van der Waals surface area contributed by atoms with Gasteiger partial charge in [0.25, 0.3) is 5.91 Å². The number of benzene rings is 2. The van der Waals surface area contributed by atoms with Gasteiger partial charge < -0.3 is 14.8 Å². The zero-order valence-electron chi connectivity index (χ0n) is 16.3. The Labute approximate surface area is 171 Å². The van der Waals surface area contributed by atoms with E-state index in [0.29, 0.717) is 29.3 Å². The van der Waals surface area contributed by atoms with Crippen LogP contribution in [-0.4, -0.2) is 18.0 Å². The molecule has 0 spiro atoms. The second kappa shape index (κ2) is 8.96. The van der Waals surface area contributed by atoms with Gasteiger partial charge in [-0.3, -0.25) is 9.78 Å². The molecule has 156 valence electrons. The number of carbonyl (C=O) groups is 1. The average Bonchev–Trinajstić information content (AvgIpc) is 2.69. The van der Waals surface area contributed by atoms with Crippen molar-refractivity contribution in [3.8, 4) is 11.5 Å². The highest BCUT2D eigenvalue weighted by Crippen LogP contribution is 2.31. The van der Waals surface area contributed by atoms with Gasteiger partial charge >= 0.3 is 6.18 Å². The van der Waals surface area contributed by atoms with Gasteiger partial charge in [-0.05, 0) is 67.6 Å². The lowest BCUT2D eigenvalue weighted by molar-refractivity contribution is -0.137. The van der Waals surface area contributed by atoms with Crippen LogP contribution in [0.3, 0.4) is 0 Å². The molecule has 3 rings (SSSR count). The molecular weight excluding hydrogens is 397 g/mol. The Morgan fingerprint density at radius 3 is 2.10 bits per heavy atom. The van der Waals surface area contributed by atoms with Crippen LogP contribution in [0.5, 0.6) is 11.5 Å². The van der Waals surface area contributed by atoms with E-state index in [-0.39, 0.29) is 11.7 Å². The van der Waals surface area contributed by atoms with E-state index in [1.54, 1.807) is 50.4 Å². The molecule has 1 N–H and O–H groups in total. The number of carbonyl (C=O) groups excluding carboxylic acids is 1. The van der Waals surface area contributed by atoms with Crippen molar-refractivity contribution in [1.29, 1.82) is 0 Å². The summed E-state index contributed by atoms with van der Waals surface area (Å²) >= 11 is 0. The van der Waals surface area contributed by atoms with Crippen molar-refractivity contribution in [2.75, 3.05) is 12.4 Å². The van der Waals surface area contributed by atoms with Crippen molar-refractivity contribution in [2.45, 2.75) is 19.7 Å². The molecule has 0 aliphatic rings. The number of aromatic nitrogens is 1. The van der Waals surface area contributed by atoms with Crippen molar-refractivity contribution in [2.24, 2.45) is 0 Å². The molecule has 0 saturated carbocycles. The van der Waals surface area contributed by atoms with Crippen molar-refractivity contribution in [1.82, 2.24) is 4.98 Å². The van der Waals surface area contributed by atoms with Gasteiger partial charge in [0.05, 0.1) is 29.1 Å². The van der Waals surface area contributed by atoms with E-state index in [1.165, 1.54) is 12.1 Å². The van der Waals surface area contributed by atoms with Crippen LogP contribution in [0.15, 0.2) is 60.7 Å². The fraction of sp³-hybridized carbons (Fsp3) is 0.182. The first kappa shape index (κ1) is 21.3. The molecule has 0 saturated heterocycles. The topological polar surface area (TPSA) is 60.5 Å². The molecule has 8 heteroatoms. The fourth-order valence-electron chi connectivity index (χ4n) is 2.73. The number of aryl methyl sites for hydroxylation is 1. The summed E-state index contributed by atoms with van der Waals surface area (Å²) in [6.45, 7) is 2.11. The molecule has 0 fully saturated rings. The standard InChI is InChI=1S/C22H19F3N2O3/c1-14-20(12-7-17(26-14)13-29-2)21(28)27-16-5-10-19(11-6-16)30-18-8-3-15(4-9-18)22(23,24)25/h3-12H,13H2,1-2H3,(H,27,28). The monoisotopic (exact) mass is 416 g/mol. The van der Waals surface area contributed by atoms with Gasteiger partial charge in [-0.15, -0.1) is 0 Å². The molecule has 30 heavy (non-hydrogen) atoms. The van der Waals surface area contributed by atoms with Gasteiger partial charge in [0.1, 0.15) is 11.5 Å². The van der Waals surface area contributed by atoms with Crippen LogP contribution in [0, 0.1) is 6.92 Å². The van der Waals surface area contributed by atoms with E-state index in [2.05, 4.69) is 10.3 Å². The minimum atomic E-state index is -4.39. The lowest BCUT2D eigenvalue weighted by Gasteiger charge is -2.11. The van der Waals surface area contributed by atoms with Crippen LogP contribution in [0.1, 0.15) is 27.3 Å². The normalized spacial score (nSPS) is 11.2. The summed E-state index contributed by atoms with van der Waals surface area (Å²) in [5.41, 5.74) is 1.56. The first-order valence-electron chi connectivity index (χ1n) is 8.98. The zero-order valence-corrected chi connectivity index (χ0v) is 16.3.